The molecule has 0 aliphatic carbocycles. The van der Waals surface area contributed by atoms with E-state index in [9.17, 15) is 13.6 Å². The van der Waals surface area contributed by atoms with E-state index in [1.807, 2.05) is 6.07 Å². The predicted molar refractivity (Wildman–Crippen MR) is 89.1 cm³/mol. The predicted octanol–water partition coefficient (Wildman–Crippen LogP) is 3.13. The number of aromatic amines is 1. The molecule has 1 aromatic heterocycles. The van der Waals surface area contributed by atoms with Crippen LogP contribution in [0.4, 0.5) is 14.5 Å². The Hall–Kier alpha value is -2.90. The first kappa shape index (κ1) is 17.5. The summed E-state index contributed by atoms with van der Waals surface area (Å²) < 4.78 is 25.6. The van der Waals surface area contributed by atoms with E-state index in [2.05, 4.69) is 20.5 Å². The number of carbonyl (C=O) groups is 1. The van der Waals surface area contributed by atoms with Crippen molar-refractivity contribution in [1.29, 1.82) is 5.41 Å². The molecule has 0 spiro atoms. The first-order chi connectivity index (χ1) is 11.3. The van der Waals surface area contributed by atoms with Gasteiger partial charge >= 0.3 is 11.8 Å². The van der Waals surface area contributed by atoms with Crippen molar-refractivity contribution in [3.8, 4) is 11.1 Å². The fourth-order valence-electron chi connectivity index (χ4n) is 1.97. The number of nitrogens with zero attached hydrogens (tertiary/aromatic N) is 2. The lowest BCUT2D eigenvalue weighted by atomic mass is 10.0. The van der Waals surface area contributed by atoms with Crippen LogP contribution in [0.2, 0.25) is 0 Å². The quantitative estimate of drug-likeness (QED) is 0.709. The molecule has 0 unspecified atom stereocenters. The minimum atomic E-state index is -3.48. The molecule has 0 saturated carbocycles. The Bertz CT molecular complexity index is 763. The second kappa shape index (κ2) is 7.12. The lowest BCUT2D eigenvalue weighted by Gasteiger charge is -2.11. The van der Waals surface area contributed by atoms with Crippen molar-refractivity contribution in [1.82, 2.24) is 10.2 Å². The van der Waals surface area contributed by atoms with Gasteiger partial charge in [-0.05, 0) is 24.6 Å². The van der Waals surface area contributed by atoms with E-state index in [0.29, 0.717) is 18.2 Å². The fraction of sp³-hybridized carbons (Fsp3) is 0.250. The summed E-state index contributed by atoms with van der Waals surface area (Å²) in [6.07, 6.45) is 4.59. The number of anilines is 1. The number of benzene rings is 1. The molecule has 8 heteroatoms. The third-order valence-corrected chi connectivity index (χ3v) is 3.24. The summed E-state index contributed by atoms with van der Waals surface area (Å²) in [4.78, 5) is 14.5. The molecule has 126 valence electrons. The summed E-state index contributed by atoms with van der Waals surface area (Å²) in [6.45, 7) is 2.12. The van der Waals surface area contributed by atoms with Gasteiger partial charge in [0, 0.05) is 41.9 Å². The summed E-state index contributed by atoms with van der Waals surface area (Å²) in [6, 6.07) is 5.42. The molecule has 3 N–H and O–H groups in total. The number of aromatic nitrogens is 2. The number of hydrogen-bond donors (Lipinski definition) is 3. The maximum Gasteiger partial charge on any atom is 0.324 e. The van der Waals surface area contributed by atoms with Gasteiger partial charge in [-0.1, -0.05) is 6.07 Å². The molecule has 0 aliphatic rings. The molecule has 24 heavy (non-hydrogen) atoms. The van der Waals surface area contributed by atoms with Crippen LogP contribution in [0.25, 0.3) is 11.1 Å². The van der Waals surface area contributed by atoms with E-state index in [1.165, 1.54) is 13.1 Å². The van der Waals surface area contributed by atoms with Crippen molar-refractivity contribution in [2.75, 3.05) is 11.9 Å². The van der Waals surface area contributed by atoms with E-state index in [1.54, 1.807) is 24.5 Å². The van der Waals surface area contributed by atoms with Gasteiger partial charge in [-0.25, -0.2) is 4.99 Å². The van der Waals surface area contributed by atoms with E-state index >= 15 is 0 Å². The smallest absolute Gasteiger partial charge is 0.324 e. The zero-order valence-electron chi connectivity index (χ0n) is 13.2. The average molecular weight is 333 g/mol. The standard InChI is InChI=1S/C16H17F2N5O/c1-10(23-15(24)16(2,17)18)7-20-14-4-3-11(5-12(14)6-19)13-8-21-22-9-13/h3-6,8-9,19-20H,7H2,1-2H3,(H,21,22). The molecule has 0 fully saturated rings. The molecule has 1 aromatic carbocycles. The monoisotopic (exact) mass is 333 g/mol. The van der Waals surface area contributed by atoms with Gasteiger partial charge < -0.3 is 10.7 Å². The number of alkyl halides is 2. The van der Waals surface area contributed by atoms with Crippen LogP contribution >= 0.6 is 0 Å². The largest absolute Gasteiger partial charge is 0.379 e. The van der Waals surface area contributed by atoms with E-state index in [0.717, 1.165) is 11.1 Å². The molecule has 2 rings (SSSR count). The van der Waals surface area contributed by atoms with Crippen molar-refractivity contribution in [3.63, 3.8) is 0 Å². The Labute approximate surface area is 137 Å². The molecular formula is C16H17F2N5O. The number of H-pyrrole nitrogens is 1. The Morgan fingerprint density at radius 3 is 2.79 bits per heavy atom. The van der Waals surface area contributed by atoms with Gasteiger partial charge in [0.2, 0.25) is 0 Å². The molecule has 1 heterocycles. The third kappa shape index (κ3) is 4.31. The van der Waals surface area contributed by atoms with Crippen molar-refractivity contribution < 1.29 is 13.6 Å². The highest BCUT2D eigenvalue weighted by Gasteiger charge is 2.31. The zero-order valence-corrected chi connectivity index (χ0v) is 13.2. The lowest BCUT2D eigenvalue weighted by molar-refractivity contribution is -0.139. The van der Waals surface area contributed by atoms with Gasteiger partial charge in [-0.3, -0.25) is 9.89 Å². The molecular weight excluding hydrogens is 316 g/mol. The van der Waals surface area contributed by atoms with Crippen LogP contribution in [0.3, 0.4) is 0 Å². The van der Waals surface area contributed by atoms with Gasteiger partial charge in [0.05, 0.1) is 12.7 Å². The van der Waals surface area contributed by atoms with Crippen LogP contribution < -0.4 is 5.32 Å². The normalized spacial score (nSPS) is 12.1. The summed E-state index contributed by atoms with van der Waals surface area (Å²) in [5.41, 5.74) is 3.27. The maximum atomic E-state index is 12.8. The molecule has 6 nitrogen and oxygen atoms in total. The van der Waals surface area contributed by atoms with Crippen LogP contribution in [0.1, 0.15) is 19.4 Å². The van der Waals surface area contributed by atoms with E-state index < -0.39 is 11.8 Å². The van der Waals surface area contributed by atoms with Crippen LogP contribution in [0, 0.1) is 5.41 Å². The minimum absolute atomic E-state index is 0.119. The van der Waals surface area contributed by atoms with Gasteiger partial charge in [-0.2, -0.15) is 13.9 Å². The zero-order chi connectivity index (χ0) is 17.7. The minimum Gasteiger partial charge on any atom is -0.379 e. The summed E-state index contributed by atoms with van der Waals surface area (Å²) in [7, 11) is 0. The highest BCUT2D eigenvalue weighted by atomic mass is 19.3. The van der Waals surface area contributed by atoms with Crippen molar-refractivity contribution in [2.24, 2.45) is 4.99 Å². The van der Waals surface area contributed by atoms with Gasteiger partial charge in [0.15, 0.2) is 0 Å². The van der Waals surface area contributed by atoms with Gasteiger partial charge in [0.25, 0.3) is 0 Å². The summed E-state index contributed by atoms with van der Waals surface area (Å²) in [5, 5.41) is 17.1. The van der Waals surface area contributed by atoms with Crippen LogP contribution in [0.15, 0.2) is 35.6 Å². The van der Waals surface area contributed by atoms with Crippen LogP contribution in [-0.4, -0.2) is 40.5 Å². The Morgan fingerprint density at radius 2 is 2.21 bits per heavy atom. The van der Waals surface area contributed by atoms with E-state index in [4.69, 9.17) is 5.41 Å². The Morgan fingerprint density at radius 1 is 1.46 bits per heavy atom. The topological polar surface area (TPSA) is 94.0 Å². The number of halogens is 2. The second-order valence-corrected chi connectivity index (χ2v) is 5.33. The average Bonchev–Trinajstić information content (AvgIpc) is 3.06. The van der Waals surface area contributed by atoms with Gasteiger partial charge in [0.1, 0.15) is 0 Å². The van der Waals surface area contributed by atoms with E-state index in [-0.39, 0.29) is 12.3 Å². The first-order valence-corrected chi connectivity index (χ1v) is 7.15. The molecule has 0 saturated heterocycles. The highest BCUT2D eigenvalue weighted by molar-refractivity contribution is 5.99. The van der Waals surface area contributed by atoms with Crippen molar-refractivity contribution >= 4 is 23.5 Å². The number of hydrogen-bond acceptors (Lipinski definition) is 4. The highest BCUT2D eigenvalue weighted by Crippen LogP contribution is 2.23. The van der Waals surface area contributed by atoms with Gasteiger partial charge in [-0.15, -0.1) is 0 Å². The summed E-state index contributed by atoms with van der Waals surface area (Å²) >= 11 is 0. The number of carbonyl (C=O) groups excluding carboxylic acids is 1. The number of rotatable bonds is 6. The fourth-order valence-corrected chi connectivity index (χ4v) is 1.97. The molecule has 0 atom stereocenters. The molecule has 0 aliphatic heterocycles. The van der Waals surface area contributed by atoms with Crippen molar-refractivity contribution in [2.45, 2.75) is 19.8 Å². The summed E-state index contributed by atoms with van der Waals surface area (Å²) in [5.74, 6) is -4.95. The number of amides is 1. The Kier molecular flexibility index (Phi) is 5.18. The molecule has 1 amide bonds. The molecule has 2 aromatic rings. The Balaban J connectivity index is 2.11. The van der Waals surface area contributed by atoms with Crippen LogP contribution in [-0.2, 0) is 4.79 Å². The molecule has 0 radical (unpaired) electrons. The van der Waals surface area contributed by atoms with Crippen LogP contribution in [0.5, 0.6) is 0 Å². The number of nitrogens with one attached hydrogen (secondary N) is 3. The van der Waals surface area contributed by atoms with Crippen molar-refractivity contribution in [3.05, 3.63) is 36.2 Å². The number of aliphatic imine (C=N–C) groups is 1. The third-order valence-electron chi connectivity index (χ3n) is 3.24. The second-order valence-electron chi connectivity index (χ2n) is 5.33. The SMILES string of the molecule is CC(CNc1ccc(-c2cn[nH]c2)cc1C=N)=NC(=O)C(C)(F)F. The first-order valence-electron chi connectivity index (χ1n) is 7.15. The molecule has 0 bridgehead atoms. The lowest BCUT2D eigenvalue weighted by Crippen LogP contribution is -2.24. The maximum absolute atomic E-state index is 12.8.